The molecule has 1 aliphatic rings. The fourth-order valence-electron chi connectivity index (χ4n) is 2.24. The molecule has 1 fully saturated rings. The summed E-state index contributed by atoms with van der Waals surface area (Å²) in [5.74, 6) is 0.755. The molecule has 0 saturated carbocycles. The first-order chi connectivity index (χ1) is 9.52. The number of carbonyl (C=O) groups is 1. The Morgan fingerprint density at radius 3 is 2.65 bits per heavy atom. The second kappa shape index (κ2) is 6.17. The molecule has 0 unspecified atom stereocenters. The standard InChI is InChI=1S/C14H22N4O2/c1-9(2)13-16-8-11(15-3)12(17-13)14(20)18-6-4-10(19)5-7-18/h8-10,15,19H,4-7H2,1-3H3. The summed E-state index contributed by atoms with van der Waals surface area (Å²) in [6.45, 7) is 5.15. The van der Waals surface area contributed by atoms with E-state index >= 15 is 0 Å². The maximum atomic E-state index is 12.6. The van der Waals surface area contributed by atoms with Gasteiger partial charge in [0.2, 0.25) is 0 Å². The van der Waals surface area contributed by atoms with Crippen LogP contribution < -0.4 is 5.32 Å². The lowest BCUT2D eigenvalue weighted by Gasteiger charge is -2.29. The quantitative estimate of drug-likeness (QED) is 0.869. The zero-order valence-corrected chi connectivity index (χ0v) is 12.3. The molecule has 6 heteroatoms. The van der Waals surface area contributed by atoms with Crippen molar-refractivity contribution in [2.45, 2.75) is 38.7 Å². The number of amides is 1. The molecule has 1 amide bonds. The Morgan fingerprint density at radius 2 is 2.10 bits per heavy atom. The van der Waals surface area contributed by atoms with Crippen molar-refractivity contribution < 1.29 is 9.90 Å². The highest BCUT2D eigenvalue weighted by Gasteiger charge is 2.25. The molecule has 0 atom stereocenters. The van der Waals surface area contributed by atoms with Crippen molar-refractivity contribution in [3.05, 3.63) is 17.7 Å². The van der Waals surface area contributed by atoms with Gasteiger partial charge < -0.3 is 15.3 Å². The van der Waals surface area contributed by atoms with E-state index in [0.717, 1.165) is 0 Å². The van der Waals surface area contributed by atoms with Gasteiger partial charge in [0.05, 0.1) is 18.0 Å². The van der Waals surface area contributed by atoms with E-state index in [2.05, 4.69) is 15.3 Å². The Hall–Kier alpha value is -1.69. The van der Waals surface area contributed by atoms with Crippen LogP contribution in [0.4, 0.5) is 5.69 Å². The summed E-state index contributed by atoms with van der Waals surface area (Å²) in [5.41, 5.74) is 1.06. The van der Waals surface area contributed by atoms with Gasteiger partial charge in [0, 0.05) is 26.1 Å². The van der Waals surface area contributed by atoms with Crippen molar-refractivity contribution in [1.29, 1.82) is 0 Å². The van der Waals surface area contributed by atoms with Gasteiger partial charge in [0.15, 0.2) is 5.69 Å². The van der Waals surface area contributed by atoms with Crippen molar-refractivity contribution in [3.63, 3.8) is 0 Å². The van der Waals surface area contributed by atoms with Crippen molar-refractivity contribution in [2.75, 3.05) is 25.5 Å². The molecule has 0 aliphatic carbocycles. The fourth-order valence-corrected chi connectivity index (χ4v) is 2.24. The number of likely N-dealkylation sites (tertiary alicyclic amines) is 1. The average Bonchev–Trinajstić information content (AvgIpc) is 2.46. The van der Waals surface area contributed by atoms with Gasteiger partial charge in [-0.15, -0.1) is 0 Å². The number of aromatic nitrogens is 2. The van der Waals surface area contributed by atoms with E-state index in [1.807, 2.05) is 13.8 Å². The second-order valence-corrected chi connectivity index (χ2v) is 5.42. The van der Waals surface area contributed by atoms with Crippen LogP contribution in [0.2, 0.25) is 0 Å². The number of aliphatic hydroxyl groups excluding tert-OH is 1. The molecule has 1 aromatic rings. The zero-order valence-electron chi connectivity index (χ0n) is 12.3. The third-order valence-corrected chi connectivity index (χ3v) is 3.55. The molecule has 0 radical (unpaired) electrons. The van der Waals surface area contributed by atoms with E-state index in [-0.39, 0.29) is 17.9 Å². The van der Waals surface area contributed by atoms with Crippen LogP contribution in [-0.2, 0) is 0 Å². The highest BCUT2D eigenvalue weighted by atomic mass is 16.3. The van der Waals surface area contributed by atoms with Crippen molar-refractivity contribution >= 4 is 11.6 Å². The SMILES string of the molecule is CNc1cnc(C(C)C)nc1C(=O)N1CCC(O)CC1. The Balaban J connectivity index is 2.25. The number of nitrogens with zero attached hydrogens (tertiary/aromatic N) is 3. The normalized spacial score (nSPS) is 16.6. The highest BCUT2D eigenvalue weighted by Crippen LogP contribution is 2.20. The van der Waals surface area contributed by atoms with E-state index in [4.69, 9.17) is 0 Å². The summed E-state index contributed by atoms with van der Waals surface area (Å²) in [5, 5.41) is 12.5. The van der Waals surface area contributed by atoms with Crippen LogP contribution in [0.5, 0.6) is 0 Å². The minimum Gasteiger partial charge on any atom is -0.393 e. The molecule has 6 nitrogen and oxygen atoms in total. The lowest BCUT2D eigenvalue weighted by molar-refractivity contribution is 0.0542. The molecule has 20 heavy (non-hydrogen) atoms. The van der Waals surface area contributed by atoms with E-state index in [1.54, 1.807) is 18.1 Å². The van der Waals surface area contributed by atoms with E-state index in [9.17, 15) is 9.90 Å². The van der Waals surface area contributed by atoms with Crippen LogP contribution >= 0.6 is 0 Å². The van der Waals surface area contributed by atoms with Gasteiger partial charge in [-0.1, -0.05) is 13.8 Å². The largest absolute Gasteiger partial charge is 0.393 e. The van der Waals surface area contributed by atoms with Crippen LogP contribution in [0.3, 0.4) is 0 Å². The van der Waals surface area contributed by atoms with Crippen molar-refractivity contribution in [1.82, 2.24) is 14.9 Å². The van der Waals surface area contributed by atoms with E-state index in [0.29, 0.717) is 43.1 Å². The van der Waals surface area contributed by atoms with Gasteiger partial charge in [-0.25, -0.2) is 9.97 Å². The Morgan fingerprint density at radius 1 is 1.45 bits per heavy atom. The number of nitrogens with one attached hydrogen (secondary N) is 1. The highest BCUT2D eigenvalue weighted by molar-refractivity contribution is 5.97. The summed E-state index contributed by atoms with van der Waals surface area (Å²) in [6, 6.07) is 0. The smallest absolute Gasteiger partial charge is 0.274 e. The van der Waals surface area contributed by atoms with E-state index < -0.39 is 0 Å². The van der Waals surface area contributed by atoms with Crippen LogP contribution in [0.1, 0.15) is 48.9 Å². The molecule has 2 rings (SSSR count). The zero-order chi connectivity index (χ0) is 14.7. The first-order valence-corrected chi connectivity index (χ1v) is 7.05. The summed E-state index contributed by atoms with van der Waals surface area (Å²) in [4.78, 5) is 23.0. The first kappa shape index (κ1) is 14.7. The van der Waals surface area contributed by atoms with Crippen LogP contribution in [-0.4, -0.2) is 52.1 Å². The topological polar surface area (TPSA) is 78.4 Å². The Labute approximate surface area is 119 Å². The van der Waals surface area contributed by atoms with Crippen molar-refractivity contribution in [2.24, 2.45) is 0 Å². The Kier molecular flexibility index (Phi) is 4.54. The molecule has 1 saturated heterocycles. The summed E-state index contributed by atoms with van der Waals surface area (Å²) >= 11 is 0. The van der Waals surface area contributed by atoms with Crippen LogP contribution in [0, 0.1) is 0 Å². The monoisotopic (exact) mass is 278 g/mol. The fraction of sp³-hybridized carbons (Fsp3) is 0.643. The molecule has 0 aromatic carbocycles. The minimum atomic E-state index is -0.292. The molecule has 0 bridgehead atoms. The summed E-state index contributed by atoms with van der Waals surface area (Å²) in [6.07, 6.45) is 2.62. The maximum Gasteiger partial charge on any atom is 0.274 e. The molecular formula is C14H22N4O2. The average molecular weight is 278 g/mol. The number of aliphatic hydroxyl groups is 1. The van der Waals surface area contributed by atoms with Crippen molar-refractivity contribution in [3.8, 4) is 0 Å². The molecule has 2 N–H and O–H groups in total. The van der Waals surface area contributed by atoms with Gasteiger partial charge in [-0.3, -0.25) is 4.79 Å². The predicted octanol–water partition coefficient (Wildman–Crippen LogP) is 1.24. The lowest BCUT2D eigenvalue weighted by atomic mass is 10.1. The molecule has 1 aromatic heterocycles. The lowest BCUT2D eigenvalue weighted by Crippen LogP contribution is -2.40. The molecule has 1 aliphatic heterocycles. The molecule has 110 valence electrons. The van der Waals surface area contributed by atoms with Gasteiger partial charge in [0.1, 0.15) is 5.82 Å². The predicted molar refractivity (Wildman–Crippen MR) is 76.8 cm³/mol. The number of hydrogen-bond donors (Lipinski definition) is 2. The van der Waals surface area contributed by atoms with Gasteiger partial charge in [-0.2, -0.15) is 0 Å². The first-order valence-electron chi connectivity index (χ1n) is 7.05. The Bertz CT molecular complexity index is 482. The summed E-state index contributed by atoms with van der Waals surface area (Å²) < 4.78 is 0. The number of hydrogen-bond acceptors (Lipinski definition) is 5. The third kappa shape index (κ3) is 3.07. The third-order valence-electron chi connectivity index (χ3n) is 3.55. The van der Waals surface area contributed by atoms with Gasteiger partial charge in [0.25, 0.3) is 5.91 Å². The molecular weight excluding hydrogens is 256 g/mol. The van der Waals surface area contributed by atoms with E-state index in [1.165, 1.54) is 0 Å². The second-order valence-electron chi connectivity index (χ2n) is 5.42. The summed E-state index contributed by atoms with van der Waals surface area (Å²) in [7, 11) is 1.75. The van der Waals surface area contributed by atoms with Crippen LogP contribution in [0.15, 0.2) is 6.20 Å². The molecule has 2 heterocycles. The maximum absolute atomic E-state index is 12.6. The van der Waals surface area contributed by atoms with Gasteiger partial charge in [-0.05, 0) is 12.8 Å². The number of carbonyl (C=O) groups excluding carboxylic acids is 1. The number of rotatable bonds is 3. The number of anilines is 1. The van der Waals surface area contributed by atoms with Crippen LogP contribution in [0.25, 0.3) is 0 Å². The molecule has 0 spiro atoms. The number of piperidine rings is 1. The minimum absolute atomic E-state index is 0.0921. The van der Waals surface area contributed by atoms with Gasteiger partial charge >= 0.3 is 0 Å².